The molecule has 0 atom stereocenters. The molecular weight excluding hydrogens is 463 g/mol. The average Bonchev–Trinajstić information content (AvgIpc) is 3.32. The molecule has 0 heterocycles. The minimum atomic E-state index is -0.284. The highest BCUT2D eigenvalue weighted by Crippen LogP contribution is 2.38. The summed E-state index contributed by atoms with van der Waals surface area (Å²) in [5.74, 6) is 1.04. The number of hydrogen-bond donors (Lipinski definition) is 2. The molecule has 1 aromatic carbocycles. The van der Waals surface area contributed by atoms with Crippen LogP contribution in [0, 0.1) is 5.41 Å². The Labute approximate surface area is 186 Å². The molecule has 28 heavy (non-hydrogen) atoms. The van der Waals surface area contributed by atoms with Gasteiger partial charge in [-0.05, 0) is 55.7 Å². The summed E-state index contributed by atoms with van der Waals surface area (Å²) < 4.78 is 0. The summed E-state index contributed by atoms with van der Waals surface area (Å²) in [5, 5.41) is 6.78. The van der Waals surface area contributed by atoms with E-state index in [1.165, 1.54) is 36.0 Å². The number of nitrogens with zero attached hydrogens (tertiary/aromatic N) is 2. The number of halogens is 1. The summed E-state index contributed by atoms with van der Waals surface area (Å²) in [4.78, 5) is 19.3. The fourth-order valence-corrected chi connectivity index (χ4v) is 4.48. The predicted molar refractivity (Wildman–Crippen MR) is 126 cm³/mol. The Kier molecular flexibility index (Phi) is 8.58. The van der Waals surface area contributed by atoms with Crippen molar-refractivity contribution in [3.05, 3.63) is 34.9 Å². The number of fused-ring (bicyclic) bond motifs is 1. The lowest BCUT2D eigenvalue weighted by atomic mass is 9.84. The number of aryl methyl sites for hydroxylation is 2. The van der Waals surface area contributed by atoms with Crippen LogP contribution in [-0.2, 0) is 24.2 Å². The summed E-state index contributed by atoms with van der Waals surface area (Å²) in [5.41, 5.74) is 3.96. The summed E-state index contributed by atoms with van der Waals surface area (Å²) >= 11 is 0. The second-order valence-corrected chi connectivity index (χ2v) is 8.19. The molecule has 1 saturated carbocycles. The van der Waals surface area contributed by atoms with E-state index in [0.717, 1.165) is 38.2 Å². The van der Waals surface area contributed by atoms with Gasteiger partial charge in [-0.2, -0.15) is 0 Å². The number of hydrogen-bond acceptors (Lipinski definition) is 2. The van der Waals surface area contributed by atoms with E-state index in [2.05, 4.69) is 35.8 Å². The Morgan fingerprint density at radius 3 is 2.50 bits per heavy atom. The van der Waals surface area contributed by atoms with E-state index >= 15 is 0 Å². The van der Waals surface area contributed by atoms with Crippen LogP contribution >= 0.6 is 24.0 Å². The lowest BCUT2D eigenvalue weighted by Crippen LogP contribution is -2.49. The fraction of sp³-hybridized carbons (Fsp3) is 0.636. The normalized spacial score (nSPS) is 17.6. The van der Waals surface area contributed by atoms with Crippen molar-refractivity contribution in [3.63, 3.8) is 0 Å². The van der Waals surface area contributed by atoms with Gasteiger partial charge in [0.1, 0.15) is 0 Å². The minimum Gasteiger partial charge on any atom is -0.357 e. The van der Waals surface area contributed by atoms with Crippen molar-refractivity contribution < 1.29 is 4.79 Å². The van der Waals surface area contributed by atoms with Gasteiger partial charge in [-0.1, -0.05) is 31.0 Å². The number of amides is 1. The minimum absolute atomic E-state index is 0. The second kappa shape index (κ2) is 10.5. The second-order valence-electron chi connectivity index (χ2n) is 8.19. The van der Waals surface area contributed by atoms with Crippen molar-refractivity contribution in [1.29, 1.82) is 0 Å². The first-order chi connectivity index (χ1) is 13.0. The third-order valence-corrected chi connectivity index (χ3v) is 5.94. The Bertz CT molecular complexity index is 696. The monoisotopic (exact) mass is 498 g/mol. The van der Waals surface area contributed by atoms with Crippen LogP contribution < -0.4 is 10.6 Å². The molecule has 0 bridgehead atoms. The van der Waals surface area contributed by atoms with Crippen LogP contribution in [0.1, 0.15) is 55.7 Å². The van der Waals surface area contributed by atoms with Crippen LogP contribution in [0.4, 0.5) is 0 Å². The number of aliphatic imine (C=N–C) groups is 1. The maximum atomic E-state index is 12.8. The van der Waals surface area contributed by atoms with Gasteiger partial charge in [0.15, 0.2) is 5.96 Å². The molecule has 1 amide bonds. The van der Waals surface area contributed by atoms with Crippen LogP contribution in [0.5, 0.6) is 0 Å². The van der Waals surface area contributed by atoms with Gasteiger partial charge in [0.05, 0.1) is 12.0 Å². The molecule has 0 saturated heterocycles. The summed E-state index contributed by atoms with van der Waals surface area (Å²) in [7, 11) is 3.71. The first-order valence-electron chi connectivity index (χ1n) is 10.4. The van der Waals surface area contributed by atoms with Crippen molar-refractivity contribution >= 4 is 35.8 Å². The van der Waals surface area contributed by atoms with Crippen LogP contribution in [0.15, 0.2) is 23.2 Å². The van der Waals surface area contributed by atoms with E-state index in [9.17, 15) is 4.79 Å². The van der Waals surface area contributed by atoms with Crippen LogP contribution in [-0.4, -0.2) is 44.0 Å². The van der Waals surface area contributed by atoms with Gasteiger partial charge in [0.2, 0.25) is 5.91 Å². The van der Waals surface area contributed by atoms with E-state index in [-0.39, 0.29) is 35.3 Å². The SMILES string of the molecule is CCNC(=NCc1ccc2c(c1)CCC2)NCC1(C(=O)N(C)C)CCCC1.I. The Morgan fingerprint density at radius 1 is 1.11 bits per heavy atom. The van der Waals surface area contributed by atoms with Crippen LogP contribution in [0.2, 0.25) is 0 Å². The zero-order valence-corrected chi connectivity index (χ0v) is 19.8. The molecule has 5 nitrogen and oxygen atoms in total. The first-order valence-corrected chi connectivity index (χ1v) is 10.4. The average molecular weight is 498 g/mol. The topological polar surface area (TPSA) is 56.7 Å². The number of carbonyl (C=O) groups is 1. The van der Waals surface area contributed by atoms with Crippen molar-refractivity contribution in [3.8, 4) is 0 Å². The van der Waals surface area contributed by atoms with Crippen LogP contribution in [0.25, 0.3) is 0 Å². The van der Waals surface area contributed by atoms with Crippen molar-refractivity contribution in [2.45, 2.75) is 58.4 Å². The van der Waals surface area contributed by atoms with Gasteiger partial charge in [-0.25, -0.2) is 4.99 Å². The highest BCUT2D eigenvalue weighted by atomic mass is 127. The molecule has 3 rings (SSSR count). The molecule has 0 radical (unpaired) electrons. The van der Waals surface area contributed by atoms with Gasteiger partial charge < -0.3 is 15.5 Å². The zero-order valence-electron chi connectivity index (χ0n) is 17.5. The van der Waals surface area contributed by atoms with Crippen LogP contribution in [0.3, 0.4) is 0 Å². The molecule has 0 unspecified atom stereocenters. The Balaban J connectivity index is 0.00000280. The molecule has 2 N–H and O–H groups in total. The fourth-order valence-electron chi connectivity index (χ4n) is 4.48. The van der Waals surface area contributed by atoms with Gasteiger partial charge in [-0.15, -0.1) is 24.0 Å². The summed E-state index contributed by atoms with van der Waals surface area (Å²) in [6, 6.07) is 6.77. The van der Waals surface area contributed by atoms with E-state index in [4.69, 9.17) is 4.99 Å². The zero-order chi connectivity index (χ0) is 19.3. The maximum Gasteiger partial charge on any atom is 0.230 e. The van der Waals surface area contributed by atoms with Crippen molar-refractivity contribution in [2.24, 2.45) is 10.4 Å². The van der Waals surface area contributed by atoms with Gasteiger partial charge in [-0.3, -0.25) is 4.79 Å². The molecule has 0 spiro atoms. The highest BCUT2D eigenvalue weighted by molar-refractivity contribution is 14.0. The number of carbonyl (C=O) groups excluding carboxylic acids is 1. The highest BCUT2D eigenvalue weighted by Gasteiger charge is 2.42. The summed E-state index contributed by atoms with van der Waals surface area (Å²) in [6.07, 6.45) is 7.86. The van der Waals surface area contributed by atoms with Crippen molar-refractivity contribution in [1.82, 2.24) is 15.5 Å². The van der Waals surface area contributed by atoms with Gasteiger partial charge >= 0.3 is 0 Å². The van der Waals surface area contributed by atoms with Gasteiger partial charge in [0.25, 0.3) is 0 Å². The van der Waals surface area contributed by atoms with E-state index in [0.29, 0.717) is 13.1 Å². The van der Waals surface area contributed by atoms with Gasteiger partial charge in [0, 0.05) is 27.2 Å². The number of guanidine groups is 1. The standard InChI is InChI=1S/C22H34N4O.HI/c1-4-23-21(24-15-17-10-11-18-8-7-9-19(18)14-17)25-16-22(12-5-6-13-22)20(27)26(2)3;/h10-11,14H,4-9,12-13,15-16H2,1-3H3,(H2,23,24,25);1H. The third kappa shape index (κ3) is 5.39. The Hall–Kier alpha value is -1.31. The summed E-state index contributed by atoms with van der Waals surface area (Å²) in [6.45, 7) is 4.20. The number of rotatable bonds is 6. The predicted octanol–water partition coefficient (Wildman–Crippen LogP) is 3.50. The lowest BCUT2D eigenvalue weighted by molar-refractivity contribution is -0.138. The molecule has 1 aromatic rings. The molecule has 156 valence electrons. The third-order valence-electron chi connectivity index (χ3n) is 5.94. The molecule has 1 fully saturated rings. The van der Waals surface area contributed by atoms with E-state index in [1.54, 1.807) is 4.90 Å². The first kappa shape index (κ1) is 23.0. The molecule has 0 aromatic heterocycles. The molecule has 2 aliphatic carbocycles. The largest absolute Gasteiger partial charge is 0.357 e. The quantitative estimate of drug-likeness (QED) is 0.359. The number of nitrogens with one attached hydrogen (secondary N) is 2. The Morgan fingerprint density at radius 2 is 1.82 bits per heavy atom. The number of benzene rings is 1. The van der Waals surface area contributed by atoms with E-state index in [1.807, 2.05) is 14.1 Å². The molecular formula is C22H35IN4O. The molecule has 6 heteroatoms. The maximum absolute atomic E-state index is 12.8. The molecule has 0 aliphatic heterocycles. The van der Waals surface area contributed by atoms with E-state index < -0.39 is 0 Å². The van der Waals surface area contributed by atoms with Crippen molar-refractivity contribution in [2.75, 3.05) is 27.2 Å². The smallest absolute Gasteiger partial charge is 0.230 e. The molecule has 2 aliphatic rings. The lowest BCUT2D eigenvalue weighted by Gasteiger charge is -2.31.